The predicted molar refractivity (Wildman–Crippen MR) is 107 cm³/mol. The van der Waals surface area contributed by atoms with Crippen LogP contribution in [0.15, 0.2) is 29.2 Å². The lowest BCUT2D eigenvalue weighted by Crippen LogP contribution is -2.37. The maximum Gasteiger partial charge on any atom is 0.346 e. The maximum absolute atomic E-state index is 12.9. The molecule has 0 atom stereocenters. The predicted octanol–water partition coefficient (Wildman–Crippen LogP) is 2.79. The Kier molecular flexibility index (Phi) is 9.40. The van der Waals surface area contributed by atoms with Crippen molar-refractivity contribution in [2.24, 2.45) is 0 Å². The highest BCUT2D eigenvalue weighted by Crippen LogP contribution is 2.50. The molecule has 1 aliphatic heterocycles. The number of benzene rings is 1. The Morgan fingerprint density at radius 1 is 1.11 bits per heavy atom. The molecule has 8 nitrogen and oxygen atoms in total. The first kappa shape index (κ1) is 23.3. The fourth-order valence-electron chi connectivity index (χ4n) is 2.90. The third-order valence-electron chi connectivity index (χ3n) is 4.14. The summed E-state index contributed by atoms with van der Waals surface area (Å²) in [4.78, 5) is 2.29. The van der Waals surface area contributed by atoms with E-state index in [0.29, 0.717) is 6.61 Å². The summed E-state index contributed by atoms with van der Waals surface area (Å²) in [6.07, 6.45) is 0.769. The standard InChI is InChI=1S/C18H30NO7PS/c1-3-25-27(20,26-4-2)16-28(21,22)18-9-6-5-8-17(18)24-13-7-10-19-11-14-23-15-12-19/h5-6,8-9H,3-4,7,10-16H2,1-2H3. The Labute approximate surface area is 167 Å². The lowest BCUT2D eigenvalue weighted by Gasteiger charge is -2.26. The van der Waals surface area contributed by atoms with E-state index in [1.54, 1.807) is 32.0 Å². The van der Waals surface area contributed by atoms with E-state index in [4.69, 9.17) is 18.5 Å². The van der Waals surface area contributed by atoms with E-state index in [2.05, 4.69) is 4.90 Å². The summed E-state index contributed by atoms with van der Waals surface area (Å²) in [5.41, 5.74) is -0.712. The van der Waals surface area contributed by atoms with E-state index in [0.717, 1.165) is 39.3 Å². The van der Waals surface area contributed by atoms with Crippen molar-refractivity contribution in [2.75, 3.05) is 58.2 Å². The lowest BCUT2D eigenvalue weighted by molar-refractivity contribution is 0.0357. The fourth-order valence-corrected chi connectivity index (χ4v) is 7.30. The molecule has 28 heavy (non-hydrogen) atoms. The van der Waals surface area contributed by atoms with Crippen LogP contribution in [-0.4, -0.2) is 71.5 Å². The molecular formula is C18H30NO7PS. The molecule has 0 saturated carbocycles. The summed E-state index contributed by atoms with van der Waals surface area (Å²) < 4.78 is 59.7. The summed E-state index contributed by atoms with van der Waals surface area (Å²) in [7, 11) is -7.65. The normalized spacial score (nSPS) is 16.2. The van der Waals surface area contributed by atoms with Crippen molar-refractivity contribution in [3.05, 3.63) is 24.3 Å². The van der Waals surface area contributed by atoms with Gasteiger partial charge < -0.3 is 18.5 Å². The van der Waals surface area contributed by atoms with Gasteiger partial charge in [-0.1, -0.05) is 12.1 Å². The van der Waals surface area contributed by atoms with Crippen molar-refractivity contribution in [1.29, 1.82) is 0 Å². The van der Waals surface area contributed by atoms with Crippen LogP contribution < -0.4 is 4.74 Å². The zero-order valence-electron chi connectivity index (χ0n) is 16.5. The van der Waals surface area contributed by atoms with Gasteiger partial charge in [0.1, 0.15) is 10.6 Å². The van der Waals surface area contributed by atoms with E-state index in [1.165, 1.54) is 6.07 Å². The third kappa shape index (κ3) is 7.13. The van der Waals surface area contributed by atoms with Crippen LogP contribution in [0.3, 0.4) is 0 Å². The lowest BCUT2D eigenvalue weighted by atomic mass is 10.3. The number of para-hydroxylation sites is 1. The first-order valence-corrected chi connectivity index (χ1v) is 12.9. The Morgan fingerprint density at radius 3 is 2.39 bits per heavy atom. The smallest absolute Gasteiger partial charge is 0.346 e. The Bertz CT molecular complexity index is 740. The van der Waals surface area contributed by atoms with Crippen molar-refractivity contribution in [2.45, 2.75) is 25.2 Å². The molecule has 10 heteroatoms. The second-order valence-electron chi connectivity index (χ2n) is 6.29. The summed E-state index contributed by atoms with van der Waals surface area (Å²) in [5, 5.41) is 0. The first-order valence-electron chi connectivity index (χ1n) is 9.53. The second kappa shape index (κ2) is 11.3. The zero-order chi connectivity index (χ0) is 20.5. The molecule has 0 amide bonds. The van der Waals surface area contributed by atoms with Crippen LogP contribution in [0.5, 0.6) is 5.75 Å². The molecule has 1 fully saturated rings. The molecule has 0 radical (unpaired) electrons. The van der Waals surface area contributed by atoms with Gasteiger partial charge in [-0.15, -0.1) is 0 Å². The van der Waals surface area contributed by atoms with Crippen molar-refractivity contribution in [3.8, 4) is 5.75 Å². The molecule has 0 aromatic heterocycles. The van der Waals surface area contributed by atoms with Gasteiger partial charge in [0.2, 0.25) is 0 Å². The van der Waals surface area contributed by atoms with Gasteiger partial charge in [0.25, 0.3) is 0 Å². The fraction of sp³-hybridized carbons (Fsp3) is 0.667. The van der Waals surface area contributed by atoms with Crippen molar-refractivity contribution >= 4 is 17.4 Å². The molecule has 2 rings (SSSR count). The summed E-state index contributed by atoms with van der Waals surface area (Å²) in [5.74, 6) is 0.254. The number of hydrogen-bond acceptors (Lipinski definition) is 8. The average Bonchev–Trinajstić information content (AvgIpc) is 2.66. The minimum atomic E-state index is -3.92. The van der Waals surface area contributed by atoms with Gasteiger partial charge in [-0.3, -0.25) is 9.46 Å². The number of hydrogen-bond donors (Lipinski definition) is 0. The van der Waals surface area contributed by atoms with E-state index in [-0.39, 0.29) is 23.9 Å². The molecule has 160 valence electrons. The summed E-state index contributed by atoms with van der Waals surface area (Å²) in [6.45, 7) is 8.01. The molecule has 0 spiro atoms. The molecule has 1 heterocycles. The van der Waals surface area contributed by atoms with Crippen LogP contribution in [0.4, 0.5) is 0 Å². The quantitative estimate of drug-likeness (QED) is 0.366. The molecule has 1 aromatic rings. The highest BCUT2D eigenvalue weighted by molar-refractivity contribution is 7.97. The molecule has 0 N–H and O–H groups in total. The minimum Gasteiger partial charge on any atom is -0.492 e. The van der Waals surface area contributed by atoms with Gasteiger partial charge in [-0.2, -0.15) is 0 Å². The van der Waals surface area contributed by atoms with Crippen LogP contribution in [0.2, 0.25) is 0 Å². The van der Waals surface area contributed by atoms with Crippen LogP contribution in [0, 0.1) is 0 Å². The van der Waals surface area contributed by atoms with E-state index < -0.39 is 22.9 Å². The Balaban J connectivity index is 2.01. The van der Waals surface area contributed by atoms with Gasteiger partial charge in [-0.05, 0) is 32.4 Å². The molecule has 1 saturated heterocycles. The molecular weight excluding hydrogens is 405 g/mol. The molecule has 0 aliphatic carbocycles. The van der Waals surface area contributed by atoms with Crippen LogP contribution in [-0.2, 0) is 28.2 Å². The van der Waals surface area contributed by atoms with Crippen molar-refractivity contribution in [3.63, 3.8) is 0 Å². The second-order valence-corrected chi connectivity index (χ2v) is 10.7. The van der Waals surface area contributed by atoms with E-state index in [1.807, 2.05) is 0 Å². The summed E-state index contributed by atoms with van der Waals surface area (Å²) in [6, 6.07) is 6.38. The first-order chi connectivity index (χ1) is 13.4. The largest absolute Gasteiger partial charge is 0.492 e. The van der Waals surface area contributed by atoms with Gasteiger partial charge in [0, 0.05) is 19.6 Å². The van der Waals surface area contributed by atoms with Gasteiger partial charge in [0.05, 0.1) is 33.0 Å². The van der Waals surface area contributed by atoms with Gasteiger partial charge in [-0.25, -0.2) is 8.42 Å². The molecule has 1 aromatic carbocycles. The van der Waals surface area contributed by atoms with Crippen molar-refractivity contribution < 1.29 is 31.5 Å². The third-order valence-corrected chi connectivity index (χ3v) is 9.08. The van der Waals surface area contributed by atoms with E-state index >= 15 is 0 Å². The number of sulfone groups is 1. The topological polar surface area (TPSA) is 91.4 Å². The minimum absolute atomic E-state index is 0.000929. The SMILES string of the molecule is CCOP(=O)(CS(=O)(=O)c1ccccc1OCCCN1CCOCC1)OCC. The molecule has 0 bridgehead atoms. The number of ether oxygens (including phenoxy) is 2. The Morgan fingerprint density at radius 2 is 1.75 bits per heavy atom. The maximum atomic E-state index is 12.9. The van der Waals surface area contributed by atoms with Crippen LogP contribution >= 0.6 is 7.60 Å². The van der Waals surface area contributed by atoms with E-state index in [9.17, 15) is 13.0 Å². The number of nitrogens with zero attached hydrogens (tertiary/aromatic N) is 1. The molecule has 0 unspecified atom stereocenters. The average molecular weight is 435 g/mol. The van der Waals surface area contributed by atoms with Crippen LogP contribution in [0.25, 0.3) is 0 Å². The summed E-state index contributed by atoms with van der Waals surface area (Å²) >= 11 is 0. The number of rotatable bonds is 12. The molecule has 1 aliphatic rings. The van der Waals surface area contributed by atoms with Gasteiger partial charge in [0.15, 0.2) is 15.3 Å². The van der Waals surface area contributed by atoms with Gasteiger partial charge >= 0.3 is 7.60 Å². The highest BCUT2D eigenvalue weighted by Gasteiger charge is 2.34. The monoisotopic (exact) mass is 435 g/mol. The highest BCUT2D eigenvalue weighted by atomic mass is 32.2. The number of morpholine rings is 1. The van der Waals surface area contributed by atoms with Crippen molar-refractivity contribution in [1.82, 2.24) is 4.90 Å². The van der Waals surface area contributed by atoms with Crippen LogP contribution in [0.1, 0.15) is 20.3 Å². The zero-order valence-corrected chi connectivity index (χ0v) is 18.3. The Hall–Kier alpha value is -0.960.